The Bertz CT molecular complexity index is 825. The number of hydrogen-bond acceptors (Lipinski definition) is 5. The summed E-state index contributed by atoms with van der Waals surface area (Å²) >= 11 is 1.52. The molecule has 2 aromatic heterocycles. The van der Waals surface area contributed by atoms with Crippen LogP contribution in [-0.4, -0.2) is 17.5 Å². The Labute approximate surface area is 144 Å². The van der Waals surface area contributed by atoms with E-state index in [-0.39, 0.29) is 12.5 Å². The maximum Gasteiger partial charge on any atom is 0.258 e. The van der Waals surface area contributed by atoms with Gasteiger partial charge in [0.05, 0.1) is 18.5 Å². The molecule has 0 saturated carbocycles. The monoisotopic (exact) mass is 342 g/mol. The van der Waals surface area contributed by atoms with Crippen molar-refractivity contribution in [3.05, 3.63) is 58.8 Å². The molecule has 0 spiro atoms. The highest BCUT2D eigenvalue weighted by Crippen LogP contribution is 2.28. The molecule has 0 aliphatic carbocycles. The summed E-state index contributed by atoms with van der Waals surface area (Å²) < 4.78 is 10.8. The van der Waals surface area contributed by atoms with Crippen LogP contribution in [0, 0.1) is 13.8 Å². The first-order chi connectivity index (χ1) is 11.6. The molecule has 3 aromatic rings. The van der Waals surface area contributed by atoms with Gasteiger partial charge in [-0.25, -0.2) is 4.98 Å². The van der Waals surface area contributed by atoms with Crippen molar-refractivity contribution in [3.8, 4) is 16.5 Å². The van der Waals surface area contributed by atoms with Gasteiger partial charge in [-0.3, -0.25) is 4.79 Å². The highest BCUT2D eigenvalue weighted by atomic mass is 32.1. The Morgan fingerprint density at radius 2 is 2.17 bits per heavy atom. The predicted molar refractivity (Wildman–Crippen MR) is 93.1 cm³/mol. The first kappa shape index (κ1) is 16.3. The lowest BCUT2D eigenvalue weighted by Gasteiger charge is -2.07. The van der Waals surface area contributed by atoms with E-state index in [0.29, 0.717) is 12.3 Å². The van der Waals surface area contributed by atoms with E-state index >= 15 is 0 Å². The molecule has 2 heterocycles. The molecule has 0 bridgehead atoms. The van der Waals surface area contributed by atoms with E-state index in [4.69, 9.17) is 9.15 Å². The molecular weight excluding hydrogens is 324 g/mol. The number of amides is 1. The van der Waals surface area contributed by atoms with Crippen LogP contribution in [0.4, 0.5) is 0 Å². The Balaban J connectivity index is 1.53. The number of nitrogens with zero attached hydrogens (tertiary/aromatic N) is 1. The molecule has 1 amide bonds. The Morgan fingerprint density at radius 3 is 2.92 bits per heavy atom. The summed E-state index contributed by atoms with van der Waals surface area (Å²) in [6, 6.07) is 11.3. The molecule has 0 atom stereocenters. The van der Waals surface area contributed by atoms with Crippen molar-refractivity contribution in [1.82, 2.24) is 10.3 Å². The second kappa shape index (κ2) is 7.31. The number of nitrogens with one attached hydrogen (secondary N) is 1. The van der Waals surface area contributed by atoms with Gasteiger partial charge in [-0.2, -0.15) is 0 Å². The number of furan rings is 1. The number of ether oxygens (including phenoxy) is 1. The fourth-order valence-corrected chi connectivity index (χ4v) is 3.15. The molecule has 0 radical (unpaired) electrons. The summed E-state index contributed by atoms with van der Waals surface area (Å²) in [7, 11) is 0. The van der Waals surface area contributed by atoms with E-state index in [0.717, 1.165) is 26.9 Å². The van der Waals surface area contributed by atoms with Crippen molar-refractivity contribution in [2.24, 2.45) is 0 Å². The Kier molecular flexibility index (Phi) is 4.96. The average molecular weight is 342 g/mol. The topological polar surface area (TPSA) is 64.4 Å². The first-order valence-electron chi connectivity index (χ1n) is 7.58. The molecule has 24 heavy (non-hydrogen) atoms. The number of hydrogen-bond donors (Lipinski definition) is 1. The average Bonchev–Trinajstić information content (AvgIpc) is 3.20. The van der Waals surface area contributed by atoms with Crippen LogP contribution in [0.5, 0.6) is 5.75 Å². The van der Waals surface area contributed by atoms with Crippen LogP contribution in [0.3, 0.4) is 0 Å². The quantitative estimate of drug-likeness (QED) is 0.741. The number of carbonyl (C=O) groups is 1. The maximum atomic E-state index is 12.0. The molecule has 1 N–H and O–H groups in total. The van der Waals surface area contributed by atoms with Crippen LogP contribution in [0.1, 0.15) is 16.1 Å². The van der Waals surface area contributed by atoms with E-state index in [1.165, 1.54) is 11.3 Å². The van der Waals surface area contributed by atoms with E-state index in [1.54, 1.807) is 6.26 Å². The first-order valence-corrected chi connectivity index (χ1v) is 8.40. The van der Waals surface area contributed by atoms with Crippen LogP contribution >= 0.6 is 11.3 Å². The Morgan fingerprint density at radius 1 is 1.29 bits per heavy atom. The third-order valence-electron chi connectivity index (χ3n) is 3.43. The van der Waals surface area contributed by atoms with Gasteiger partial charge in [0.2, 0.25) is 0 Å². The predicted octanol–water partition coefficient (Wildman–Crippen LogP) is 3.72. The lowest BCUT2D eigenvalue weighted by atomic mass is 10.2. The van der Waals surface area contributed by atoms with E-state index < -0.39 is 0 Å². The summed E-state index contributed by atoms with van der Waals surface area (Å²) in [5.74, 6) is 1.27. The minimum Gasteiger partial charge on any atom is -0.484 e. The van der Waals surface area contributed by atoms with Crippen molar-refractivity contribution < 1.29 is 13.9 Å². The number of thiazole rings is 1. The third-order valence-corrected chi connectivity index (χ3v) is 4.60. The van der Waals surface area contributed by atoms with E-state index in [2.05, 4.69) is 10.3 Å². The van der Waals surface area contributed by atoms with Crippen LogP contribution in [0.15, 0.2) is 47.1 Å². The van der Waals surface area contributed by atoms with Crippen molar-refractivity contribution in [2.45, 2.75) is 20.4 Å². The summed E-state index contributed by atoms with van der Waals surface area (Å²) in [5.41, 5.74) is 1.99. The zero-order valence-corrected chi connectivity index (χ0v) is 14.4. The molecule has 0 fully saturated rings. The molecule has 1 aromatic carbocycles. The minimum atomic E-state index is -0.163. The smallest absolute Gasteiger partial charge is 0.258 e. The zero-order valence-electron chi connectivity index (χ0n) is 13.5. The molecule has 0 saturated heterocycles. The fraction of sp³-hybridized carbons (Fsp3) is 0.222. The van der Waals surface area contributed by atoms with Gasteiger partial charge >= 0.3 is 0 Å². The van der Waals surface area contributed by atoms with Gasteiger partial charge in [0.15, 0.2) is 17.4 Å². The van der Waals surface area contributed by atoms with Gasteiger partial charge in [0.25, 0.3) is 5.91 Å². The second-order valence-electron chi connectivity index (χ2n) is 5.39. The van der Waals surface area contributed by atoms with Crippen molar-refractivity contribution in [1.29, 1.82) is 0 Å². The largest absolute Gasteiger partial charge is 0.484 e. The third kappa shape index (κ3) is 4.02. The lowest BCUT2D eigenvalue weighted by molar-refractivity contribution is -0.123. The Hall–Kier alpha value is -2.60. The fourth-order valence-electron chi connectivity index (χ4n) is 2.18. The molecule has 0 unspecified atom stereocenters. The highest BCUT2D eigenvalue weighted by molar-refractivity contribution is 7.15. The van der Waals surface area contributed by atoms with Crippen molar-refractivity contribution in [2.75, 3.05) is 6.61 Å². The number of benzene rings is 1. The van der Waals surface area contributed by atoms with Crippen molar-refractivity contribution in [3.63, 3.8) is 0 Å². The minimum absolute atomic E-state index is 0.00759. The summed E-state index contributed by atoms with van der Waals surface area (Å²) in [5, 5.41) is 3.68. The van der Waals surface area contributed by atoms with Gasteiger partial charge in [-0.1, -0.05) is 12.1 Å². The zero-order chi connectivity index (χ0) is 16.9. The van der Waals surface area contributed by atoms with Gasteiger partial charge < -0.3 is 14.5 Å². The molecule has 124 valence electrons. The summed E-state index contributed by atoms with van der Waals surface area (Å²) in [6.07, 6.45) is 1.62. The molecule has 0 aliphatic heterocycles. The molecule has 0 aliphatic rings. The van der Waals surface area contributed by atoms with Crippen molar-refractivity contribution >= 4 is 17.2 Å². The van der Waals surface area contributed by atoms with E-state index in [1.807, 2.05) is 50.2 Å². The standard InChI is InChI=1S/C18H18N2O3S/c1-12-5-3-6-14(9-12)23-11-17(21)19-10-16-13(2)20-18(24-16)15-7-4-8-22-15/h3-9H,10-11H2,1-2H3,(H,19,21). The number of aryl methyl sites for hydroxylation is 2. The highest BCUT2D eigenvalue weighted by Gasteiger charge is 2.12. The second-order valence-corrected chi connectivity index (χ2v) is 6.47. The van der Waals surface area contributed by atoms with Crippen LogP contribution in [0.25, 0.3) is 10.8 Å². The number of aromatic nitrogens is 1. The van der Waals surface area contributed by atoms with Gasteiger partial charge in [-0.15, -0.1) is 11.3 Å². The van der Waals surface area contributed by atoms with Crippen LogP contribution in [0.2, 0.25) is 0 Å². The molecule has 6 heteroatoms. The normalized spacial score (nSPS) is 10.6. The molecule has 3 rings (SSSR count). The number of carbonyl (C=O) groups excluding carboxylic acids is 1. The van der Waals surface area contributed by atoms with Gasteiger partial charge in [0.1, 0.15) is 5.75 Å². The SMILES string of the molecule is Cc1cccc(OCC(=O)NCc2sc(-c3ccco3)nc2C)c1. The van der Waals surface area contributed by atoms with Crippen LogP contribution < -0.4 is 10.1 Å². The summed E-state index contributed by atoms with van der Waals surface area (Å²) in [6.45, 7) is 4.33. The lowest BCUT2D eigenvalue weighted by Crippen LogP contribution is -2.28. The molecular formula is C18H18N2O3S. The van der Waals surface area contributed by atoms with Crippen LogP contribution in [-0.2, 0) is 11.3 Å². The number of rotatable bonds is 6. The molecule has 5 nitrogen and oxygen atoms in total. The summed E-state index contributed by atoms with van der Waals surface area (Å²) in [4.78, 5) is 17.4. The maximum absolute atomic E-state index is 12.0. The van der Waals surface area contributed by atoms with E-state index in [9.17, 15) is 4.79 Å². The van der Waals surface area contributed by atoms with Gasteiger partial charge in [-0.05, 0) is 43.7 Å². The van der Waals surface area contributed by atoms with Gasteiger partial charge in [0, 0.05) is 4.88 Å².